The second-order valence-corrected chi connectivity index (χ2v) is 7.97. The molecule has 3 N–H and O–H groups in total. The highest BCUT2D eigenvalue weighted by Gasteiger charge is 2.27. The van der Waals surface area contributed by atoms with Gasteiger partial charge in [-0.05, 0) is 31.1 Å². The van der Waals surface area contributed by atoms with Crippen molar-refractivity contribution >= 4 is 11.9 Å². The van der Waals surface area contributed by atoms with E-state index in [4.69, 9.17) is 0 Å². The second kappa shape index (κ2) is 9.73. The molecule has 8 nitrogen and oxygen atoms in total. The second-order valence-electron chi connectivity index (χ2n) is 7.97. The number of aromatic nitrogens is 2. The maximum absolute atomic E-state index is 12.6. The SMILES string of the molecule is CC(C)CC(NC(Cn1ccn(CC2CCCCC2)c1=O)C(=O)O)C(=O)O. The smallest absolute Gasteiger partial charge is 0.328 e. The number of carboxylic acid groups (broad SMARTS) is 2. The summed E-state index contributed by atoms with van der Waals surface area (Å²) in [6, 6.07) is -2.11. The molecule has 0 bridgehead atoms. The van der Waals surface area contributed by atoms with Crippen LogP contribution in [0.2, 0.25) is 0 Å². The van der Waals surface area contributed by atoms with Crippen LogP contribution in [0.4, 0.5) is 0 Å². The number of rotatable bonds is 10. The molecule has 0 saturated heterocycles. The van der Waals surface area contributed by atoms with Gasteiger partial charge in [-0.3, -0.25) is 24.0 Å². The Labute approximate surface area is 159 Å². The lowest BCUT2D eigenvalue weighted by Crippen LogP contribution is -2.50. The lowest BCUT2D eigenvalue weighted by atomic mass is 9.89. The number of nitrogens with zero attached hydrogens (tertiary/aromatic N) is 2. The van der Waals surface area contributed by atoms with Gasteiger partial charge < -0.3 is 10.2 Å². The number of carbonyl (C=O) groups is 2. The fraction of sp³-hybridized carbons (Fsp3) is 0.737. The Morgan fingerprint density at radius 1 is 1.07 bits per heavy atom. The molecule has 0 aliphatic heterocycles. The zero-order valence-corrected chi connectivity index (χ0v) is 16.1. The van der Waals surface area contributed by atoms with E-state index in [1.54, 1.807) is 17.0 Å². The Bertz CT molecular complexity index is 688. The third-order valence-electron chi connectivity index (χ3n) is 5.18. The minimum Gasteiger partial charge on any atom is -0.480 e. The summed E-state index contributed by atoms with van der Waals surface area (Å²) in [6.45, 7) is 4.31. The number of carboxylic acids is 2. The van der Waals surface area contributed by atoms with E-state index in [9.17, 15) is 24.6 Å². The maximum Gasteiger partial charge on any atom is 0.328 e. The molecule has 0 aromatic carbocycles. The number of imidazole rings is 1. The quantitative estimate of drug-likeness (QED) is 0.569. The van der Waals surface area contributed by atoms with E-state index in [1.807, 2.05) is 13.8 Å². The van der Waals surface area contributed by atoms with E-state index in [2.05, 4.69) is 5.32 Å². The van der Waals surface area contributed by atoms with Crippen molar-refractivity contribution in [3.8, 4) is 0 Å². The van der Waals surface area contributed by atoms with Gasteiger partial charge in [-0.1, -0.05) is 33.1 Å². The van der Waals surface area contributed by atoms with E-state index in [-0.39, 0.29) is 18.2 Å². The molecule has 1 heterocycles. The van der Waals surface area contributed by atoms with Crippen LogP contribution >= 0.6 is 0 Å². The van der Waals surface area contributed by atoms with Gasteiger partial charge in [-0.25, -0.2) is 4.79 Å². The van der Waals surface area contributed by atoms with E-state index in [0.717, 1.165) is 12.8 Å². The summed E-state index contributed by atoms with van der Waals surface area (Å²) in [7, 11) is 0. The first-order chi connectivity index (χ1) is 12.8. The third kappa shape index (κ3) is 6.23. The average molecular weight is 381 g/mol. The van der Waals surface area contributed by atoms with Crippen molar-refractivity contribution in [2.24, 2.45) is 11.8 Å². The van der Waals surface area contributed by atoms with Crippen LogP contribution in [-0.2, 0) is 22.7 Å². The molecule has 1 aliphatic rings. The lowest BCUT2D eigenvalue weighted by molar-refractivity contribution is -0.143. The first-order valence-electron chi connectivity index (χ1n) is 9.75. The highest BCUT2D eigenvalue weighted by Crippen LogP contribution is 2.24. The van der Waals surface area contributed by atoms with E-state index in [0.29, 0.717) is 18.9 Å². The molecule has 1 aliphatic carbocycles. The monoisotopic (exact) mass is 381 g/mol. The standard InChI is InChI=1S/C19H31N3O5/c1-13(2)10-15(17(23)24)20-16(18(25)26)12-22-9-8-21(19(22)27)11-14-6-4-3-5-7-14/h8-9,13-16,20H,3-7,10-12H2,1-2H3,(H,23,24)(H,25,26). The van der Waals surface area contributed by atoms with Crippen molar-refractivity contribution in [3.63, 3.8) is 0 Å². The molecule has 1 aromatic rings. The van der Waals surface area contributed by atoms with Gasteiger partial charge >= 0.3 is 17.6 Å². The number of hydrogen-bond donors (Lipinski definition) is 3. The van der Waals surface area contributed by atoms with Crippen LogP contribution in [0.5, 0.6) is 0 Å². The molecule has 2 unspecified atom stereocenters. The van der Waals surface area contributed by atoms with Gasteiger partial charge in [0.1, 0.15) is 12.1 Å². The summed E-state index contributed by atoms with van der Waals surface area (Å²) in [5.41, 5.74) is -0.246. The summed E-state index contributed by atoms with van der Waals surface area (Å²) in [4.78, 5) is 35.6. The fourth-order valence-electron chi connectivity index (χ4n) is 3.73. The summed E-state index contributed by atoms with van der Waals surface area (Å²) >= 11 is 0. The molecule has 2 rings (SSSR count). The van der Waals surface area contributed by atoms with Crippen molar-refractivity contribution in [2.75, 3.05) is 0 Å². The van der Waals surface area contributed by atoms with Gasteiger partial charge in [0, 0.05) is 18.9 Å². The summed E-state index contributed by atoms with van der Waals surface area (Å²) in [5.74, 6) is -1.66. The van der Waals surface area contributed by atoms with Gasteiger partial charge in [0.15, 0.2) is 0 Å². The van der Waals surface area contributed by atoms with E-state index >= 15 is 0 Å². The molecule has 1 aromatic heterocycles. The van der Waals surface area contributed by atoms with Gasteiger partial charge in [0.05, 0.1) is 6.54 Å². The molecule has 0 radical (unpaired) electrons. The summed E-state index contributed by atoms with van der Waals surface area (Å²) < 4.78 is 2.99. The number of aliphatic carboxylic acids is 2. The van der Waals surface area contributed by atoms with Crippen LogP contribution in [-0.4, -0.2) is 43.4 Å². The molecule has 152 valence electrons. The number of hydrogen-bond acceptors (Lipinski definition) is 4. The molecule has 0 spiro atoms. The highest BCUT2D eigenvalue weighted by molar-refractivity contribution is 5.77. The largest absolute Gasteiger partial charge is 0.480 e. The number of nitrogens with one attached hydrogen (secondary N) is 1. The Morgan fingerprint density at radius 2 is 1.67 bits per heavy atom. The molecule has 2 atom stereocenters. The van der Waals surface area contributed by atoms with Crippen LogP contribution in [0.25, 0.3) is 0 Å². The van der Waals surface area contributed by atoms with Crippen molar-refractivity contribution in [1.82, 2.24) is 14.5 Å². The van der Waals surface area contributed by atoms with Crippen molar-refractivity contribution in [2.45, 2.75) is 77.5 Å². The molecule has 0 amide bonds. The van der Waals surface area contributed by atoms with Crippen molar-refractivity contribution < 1.29 is 19.8 Å². The lowest BCUT2D eigenvalue weighted by Gasteiger charge is -2.22. The minimum absolute atomic E-state index is 0.103. The highest BCUT2D eigenvalue weighted by atomic mass is 16.4. The van der Waals surface area contributed by atoms with Gasteiger partial charge in [0.25, 0.3) is 0 Å². The first kappa shape index (κ1) is 21.2. The Hall–Kier alpha value is -2.09. The molecule has 8 heteroatoms. The molecular weight excluding hydrogens is 350 g/mol. The van der Waals surface area contributed by atoms with E-state index in [1.165, 1.54) is 23.8 Å². The minimum atomic E-state index is -1.17. The summed E-state index contributed by atoms with van der Waals surface area (Å²) in [5, 5.41) is 21.5. The van der Waals surface area contributed by atoms with Gasteiger partial charge in [-0.15, -0.1) is 0 Å². The predicted octanol–water partition coefficient (Wildman–Crippen LogP) is 1.77. The summed E-state index contributed by atoms with van der Waals surface area (Å²) in [6.07, 6.45) is 9.46. The third-order valence-corrected chi connectivity index (χ3v) is 5.18. The van der Waals surface area contributed by atoms with Crippen LogP contribution in [0.3, 0.4) is 0 Å². The molecular formula is C19H31N3O5. The average Bonchev–Trinajstić information content (AvgIpc) is 2.94. The van der Waals surface area contributed by atoms with Crippen LogP contribution < -0.4 is 11.0 Å². The first-order valence-corrected chi connectivity index (χ1v) is 9.75. The Kier molecular flexibility index (Phi) is 7.65. The fourth-order valence-corrected chi connectivity index (χ4v) is 3.73. The zero-order valence-electron chi connectivity index (χ0n) is 16.1. The van der Waals surface area contributed by atoms with Gasteiger partial charge in [-0.2, -0.15) is 0 Å². The van der Waals surface area contributed by atoms with Gasteiger partial charge in [0.2, 0.25) is 0 Å². The predicted molar refractivity (Wildman–Crippen MR) is 101 cm³/mol. The van der Waals surface area contributed by atoms with Crippen LogP contribution in [0.1, 0.15) is 52.4 Å². The topological polar surface area (TPSA) is 114 Å². The van der Waals surface area contributed by atoms with Crippen LogP contribution in [0, 0.1) is 11.8 Å². The molecule has 1 fully saturated rings. The normalized spacial score (nSPS) is 17.7. The van der Waals surface area contributed by atoms with Crippen molar-refractivity contribution in [1.29, 1.82) is 0 Å². The Morgan fingerprint density at radius 3 is 2.22 bits per heavy atom. The Balaban J connectivity index is 2.06. The van der Waals surface area contributed by atoms with Crippen molar-refractivity contribution in [3.05, 3.63) is 22.9 Å². The molecule has 27 heavy (non-hydrogen) atoms. The van der Waals surface area contributed by atoms with Crippen LogP contribution in [0.15, 0.2) is 17.2 Å². The maximum atomic E-state index is 12.6. The zero-order chi connectivity index (χ0) is 20.0. The molecule has 1 saturated carbocycles. The van der Waals surface area contributed by atoms with E-state index < -0.39 is 24.0 Å².